The Hall–Kier alpha value is 0.170. The van der Waals surface area contributed by atoms with Gasteiger partial charge in [-0.2, -0.15) is 0 Å². The molecule has 0 unspecified atom stereocenters. The van der Waals surface area contributed by atoms with Crippen molar-refractivity contribution in [3.63, 3.8) is 0 Å². The first-order valence-electron chi connectivity index (χ1n) is 10.1. The number of aliphatic carboxylic acids is 1. The van der Waals surface area contributed by atoms with E-state index in [9.17, 15) is 9.90 Å². The van der Waals surface area contributed by atoms with Gasteiger partial charge in [-0.15, -0.1) is 23.5 Å². The summed E-state index contributed by atoms with van der Waals surface area (Å²) in [5.74, 6) is 1.34. The molecule has 24 heavy (non-hydrogen) atoms. The second-order valence-corrected chi connectivity index (χ2v) is 9.73. The Balaban J connectivity index is 4.26. The Kier molecular flexibility index (Phi) is 16.7. The molecule has 0 aromatic heterocycles. The van der Waals surface area contributed by atoms with Gasteiger partial charge in [-0.05, 0) is 30.8 Å². The molecule has 0 saturated carbocycles. The molecular weight excluding hydrogens is 336 g/mol. The Bertz CT molecular complexity index is 285. The second kappa shape index (κ2) is 16.6. The van der Waals surface area contributed by atoms with Crippen LogP contribution in [0.5, 0.6) is 0 Å². The van der Waals surface area contributed by atoms with Crippen molar-refractivity contribution in [3.8, 4) is 0 Å². The summed E-state index contributed by atoms with van der Waals surface area (Å²) in [5, 5.41) is 9.88. The highest BCUT2D eigenvalue weighted by Crippen LogP contribution is 2.43. The lowest BCUT2D eigenvalue weighted by atomic mass is 10.1. The van der Waals surface area contributed by atoms with Gasteiger partial charge in [0.05, 0.1) is 0 Å². The van der Waals surface area contributed by atoms with Gasteiger partial charge in [0.2, 0.25) is 0 Å². The third-order valence-corrected chi connectivity index (χ3v) is 7.73. The molecule has 0 spiro atoms. The van der Waals surface area contributed by atoms with E-state index in [4.69, 9.17) is 0 Å². The zero-order chi connectivity index (χ0) is 18.1. The van der Waals surface area contributed by atoms with Crippen molar-refractivity contribution >= 4 is 29.5 Å². The fourth-order valence-corrected chi connectivity index (χ4v) is 5.85. The van der Waals surface area contributed by atoms with Crippen LogP contribution in [0, 0.1) is 0 Å². The van der Waals surface area contributed by atoms with E-state index in [1.807, 2.05) is 0 Å². The normalized spacial score (nSPS) is 11.8. The fourth-order valence-electron chi connectivity index (χ4n) is 2.67. The average molecular weight is 377 g/mol. The first-order chi connectivity index (χ1) is 11.6. The summed E-state index contributed by atoms with van der Waals surface area (Å²) in [7, 11) is 0. The molecule has 0 rings (SSSR count). The highest BCUT2D eigenvalue weighted by Gasteiger charge is 2.38. The van der Waals surface area contributed by atoms with Crippen molar-refractivity contribution in [2.45, 2.75) is 108 Å². The molecule has 0 aliphatic rings. The second-order valence-electron chi connectivity index (χ2n) is 6.69. The predicted octanol–water partition coefficient (Wildman–Crippen LogP) is 7.36. The standard InChI is InChI=1S/C20H40O2S2/c1-4-7-10-11-12-13-14-15-16-20(19(21)22,23-17-8-5-2)24-18-9-6-3/h4-18H2,1-3H3,(H,21,22). The Morgan fingerprint density at radius 3 is 1.54 bits per heavy atom. The summed E-state index contributed by atoms with van der Waals surface area (Å²) in [4.78, 5) is 12.0. The van der Waals surface area contributed by atoms with E-state index >= 15 is 0 Å². The zero-order valence-electron chi connectivity index (χ0n) is 16.3. The molecule has 2 nitrogen and oxygen atoms in total. The van der Waals surface area contributed by atoms with Gasteiger partial charge >= 0.3 is 5.97 Å². The lowest BCUT2D eigenvalue weighted by molar-refractivity contribution is -0.137. The molecule has 0 atom stereocenters. The van der Waals surface area contributed by atoms with Crippen molar-refractivity contribution in [1.82, 2.24) is 0 Å². The van der Waals surface area contributed by atoms with Gasteiger partial charge in [-0.3, -0.25) is 0 Å². The van der Waals surface area contributed by atoms with E-state index in [-0.39, 0.29) is 0 Å². The lowest BCUT2D eigenvalue weighted by Gasteiger charge is -2.28. The van der Waals surface area contributed by atoms with Crippen molar-refractivity contribution < 1.29 is 9.90 Å². The first-order valence-corrected chi connectivity index (χ1v) is 12.1. The average Bonchev–Trinajstić information content (AvgIpc) is 2.57. The highest BCUT2D eigenvalue weighted by atomic mass is 32.2. The summed E-state index contributed by atoms with van der Waals surface area (Å²) < 4.78 is -0.605. The van der Waals surface area contributed by atoms with Gasteiger partial charge in [0.1, 0.15) is 0 Å². The van der Waals surface area contributed by atoms with E-state index in [1.165, 1.54) is 44.9 Å². The van der Waals surface area contributed by atoms with Crippen LogP contribution in [0.4, 0.5) is 0 Å². The van der Waals surface area contributed by atoms with Crippen LogP contribution in [0.2, 0.25) is 0 Å². The van der Waals surface area contributed by atoms with Gasteiger partial charge in [0.15, 0.2) is 4.08 Å². The van der Waals surface area contributed by atoms with E-state index in [0.717, 1.165) is 50.0 Å². The van der Waals surface area contributed by atoms with Crippen molar-refractivity contribution in [1.29, 1.82) is 0 Å². The molecule has 0 aromatic rings. The molecule has 0 radical (unpaired) electrons. The minimum atomic E-state index is -0.605. The maximum Gasteiger partial charge on any atom is 0.330 e. The molecule has 0 bridgehead atoms. The van der Waals surface area contributed by atoms with Crippen LogP contribution < -0.4 is 0 Å². The summed E-state index contributed by atoms with van der Waals surface area (Å²) in [6.07, 6.45) is 15.5. The minimum absolute atomic E-state index is 0.604. The largest absolute Gasteiger partial charge is 0.480 e. The number of hydrogen-bond acceptors (Lipinski definition) is 3. The molecule has 0 amide bonds. The molecular formula is C20H40O2S2. The quantitative estimate of drug-likeness (QED) is 0.200. The number of carboxylic acids is 1. The molecule has 0 fully saturated rings. The Labute approximate surface area is 159 Å². The van der Waals surface area contributed by atoms with E-state index in [2.05, 4.69) is 20.8 Å². The molecule has 0 aliphatic carbocycles. The number of unbranched alkanes of at least 4 members (excludes halogenated alkanes) is 9. The van der Waals surface area contributed by atoms with E-state index < -0.39 is 10.0 Å². The summed E-state index contributed by atoms with van der Waals surface area (Å²) >= 11 is 3.38. The van der Waals surface area contributed by atoms with Crippen LogP contribution in [0.25, 0.3) is 0 Å². The van der Waals surface area contributed by atoms with Gasteiger partial charge in [0.25, 0.3) is 0 Å². The van der Waals surface area contributed by atoms with Crippen molar-refractivity contribution in [3.05, 3.63) is 0 Å². The number of thioether (sulfide) groups is 2. The third-order valence-electron chi connectivity index (χ3n) is 4.35. The highest BCUT2D eigenvalue weighted by molar-refractivity contribution is 8.19. The summed E-state index contributed by atoms with van der Waals surface area (Å²) in [6, 6.07) is 0. The van der Waals surface area contributed by atoms with Crippen LogP contribution >= 0.6 is 23.5 Å². The van der Waals surface area contributed by atoms with Crippen LogP contribution in [-0.2, 0) is 4.79 Å². The van der Waals surface area contributed by atoms with E-state index in [1.54, 1.807) is 23.5 Å². The summed E-state index contributed by atoms with van der Waals surface area (Å²) in [6.45, 7) is 6.59. The number of rotatable bonds is 18. The smallest absolute Gasteiger partial charge is 0.330 e. The van der Waals surface area contributed by atoms with Crippen LogP contribution in [0.3, 0.4) is 0 Å². The van der Waals surface area contributed by atoms with Crippen LogP contribution in [-0.4, -0.2) is 26.7 Å². The molecule has 0 aliphatic heterocycles. The molecule has 0 aromatic carbocycles. The molecule has 4 heteroatoms. The zero-order valence-corrected chi connectivity index (χ0v) is 17.9. The minimum Gasteiger partial charge on any atom is -0.480 e. The predicted molar refractivity (Wildman–Crippen MR) is 112 cm³/mol. The molecule has 144 valence electrons. The first kappa shape index (κ1) is 24.2. The SMILES string of the molecule is CCCCCCCCCCC(SCCCC)(SCCCC)C(=O)O. The third kappa shape index (κ3) is 11.7. The number of hydrogen-bond donors (Lipinski definition) is 1. The molecule has 0 saturated heterocycles. The van der Waals surface area contributed by atoms with Crippen molar-refractivity contribution in [2.75, 3.05) is 11.5 Å². The number of carboxylic acid groups (broad SMARTS) is 1. The van der Waals surface area contributed by atoms with Gasteiger partial charge in [-0.25, -0.2) is 4.79 Å². The maximum absolute atomic E-state index is 12.0. The molecule has 0 heterocycles. The van der Waals surface area contributed by atoms with Crippen LogP contribution in [0.1, 0.15) is 104 Å². The molecule has 1 N–H and O–H groups in total. The Morgan fingerprint density at radius 2 is 1.12 bits per heavy atom. The van der Waals surface area contributed by atoms with Gasteiger partial charge < -0.3 is 5.11 Å². The fraction of sp³-hybridized carbons (Fsp3) is 0.950. The maximum atomic E-state index is 12.0. The Morgan fingerprint density at radius 1 is 0.708 bits per heavy atom. The van der Waals surface area contributed by atoms with Crippen LogP contribution in [0.15, 0.2) is 0 Å². The lowest BCUT2D eigenvalue weighted by Crippen LogP contribution is -2.32. The topological polar surface area (TPSA) is 37.3 Å². The van der Waals surface area contributed by atoms with Crippen molar-refractivity contribution in [2.24, 2.45) is 0 Å². The summed E-state index contributed by atoms with van der Waals surface area (Å²) in [5.41, 5.74) is 0. The monoisotopic (exact) mass is 376 g/mol. The number of carbonyl (C=O) groups is 1. The van der Waals surface area contributed by atoms with Gasteiger partial charge in [0, 0.05) is 0 Å². The van der Waals surface area contributed by atoms with E-state index in [0.29, 0.717) is 0 Å². The van der Waals surface area contributed by atoms with Gasteiger partial charge in [-0.1, -0.05) is 85.0 Å².